The Bertz CT molecular complexity index is 389. The van der Waals surface area contributed by atoms with Crippen LogP contribution in [0.2, 0.25) is 0 Å². The van der Waals surface area contributed by atoms with Crippen LogP contribution in [0.4, 0.5) is 5.69 Å². The summed E-state index contributed by atoms with van der Waals surface area (Å²) in [6, 6.07) is 2.10. The normalized spacial score (nSPS) is 19.8. The van der Waals surface area contributed by atoms with E-state index in [4.69, 9.17) is 10.5 Å². The van der Waals surface area contributed by atoms with E-state index in [9.17, 15) is 0 Å². The van der Waals surface area contributed by atoms with Crippen LogP contribution in [0.15, 0.2) is 12.3 Å². The molecule has 0 aliphatic carbocycles. The van der Waals surface area contributed by atoms with Crippen LogP contribution in [-0.4, -0.2) is 31.3 Å². The molecule has 0 bridgehead atoms. The molecule has 1 saturated heterocycles. The molecule has 1 aliphatic heterocycles. The molecule has 0 amide bonds. The highest BCUT2D eigenvalue weighted by Gasteiger charge is 2.17. The lowest BCUT2D eigenvalue weighted by atomic mass is 10.1. The Morgan fingerprint density at radius 3 is 3.00 bits per heavy atom. The number of likely N-dealkylation sites (N-methyl/N-ethyl adjacent to an activating group) is 1. The van der Waals surface area contributed by atoms with Crippen LogP contribution in [0.1, 0.15) is 30.5 Å². The molecule has 2 rings (SSSR count). The van der Waals surface area contributed by atoms with Gasteiger partial charge in [-0.15, -0.1) is 0 Å². The van der Waals surface area contributed by atoms with E-state index in [-0.39, 0.29) is 0 Å². The molecule has 2 N–H and O–H groups in total. The molecular weight excluding hydrogens is 226 g/mol. The van der Waals surface area contributed by atoms with E-state index in [1.807, 2.05) is 13.1 Å². The smallest absolute Gasteiger partial charge is 0.0749 e. The number of hydrogen-bond acceptors (Lipinski definition) is 4. The molecule has 1 aromatic heterocycles. The van der Waals surface area contributed by atoms with Crippen LogP contribution in [0.25, 0.3) is 0 Å². The van der Waals surface area contributed by atoms with Gasteiger partial charge >= 0.3 is 0 Å². The number of anilines is 1. The molecule has 1 unspecified atom stereocenters. The number of nitrogens with two attached hydrogens (primary N) is 1. The van der Waals surface area contributed by atoms with Crippen molar-refractivity contribution in [2.45, 2.75) is 38.8 Å². The molecule has 4 heteroatoms. The summed E-state index contributed by atoms with van der Waals surface area (Å²) >= 11 is 0. The standard InChI is InChI=1S/C14H23N3O/c1-11-7-14(12(8-15)9-16-11)17(2)10-13-5-3-4-6-18-13/h7,9,13H,3-6,8,10,15H2,1-2H3. The van der Waals surface area contributed by atoms with Crippen molar-refractivity contribution < 1.29 is 4.74 Å². The highest BCUT2D eigenvalue weighted by atomic mass is 16.5. The molecule has 0 radical (unpaired) electrons. The average molecular weight is 249 g/mol. The molecule has 4 nitrogen and oxygen atoms in total. The van der Waals surface area contributed by atoms with E-state index >= 15 is 0 Å². The van der Waals surface area contributed by atoms with Gasteiger partial charge < -0.3 is 15.4 Å². The lowest BCUT2D eigenvalue weighted by Gasteiger charge is -2.29. The molecule has 0 aromatic carbocycles. The lowest BCUT2D eigenvalue weighted by Crippen LogP contribution is -2.34. The van der Waals surface area contributed by atoms with Gasteiger partial charge in [0.05, 0.1) is 6.10 Å². The van der Waals surface area contributed by atoms with Gasteiger partial charge in [0.25, 0.3) is 0 Å². The third kappa shape index (κ3) is 3.21. The maximum atomic E-state index is 5.79. The van der Waals surface area contributed by atoms with Crippen molar-refractivity contribution in [3.05, 3.63) is 23.5 Å². The molecule has 1 aliphatic rings. The van der Waals surface area contributed by atoms with Gasteiger partial charge in [-0.25, -0.2) is 0 Å². The van der Waals surface area contributed by atoms with Gasteiger partial charge in [0.15, 0.2) is 0 Å². The first-order valence-electron chi connectivity index (χ1n) is 6.69. The van der Waals surface area contributed by atoms with E-state index in [1.165, 1.54) is 18.5 Å². The van der Waals surface area contributed by atoms with E-state index in [0.717, 1.165) is 30.8 Å². The first-order valence-corrected chi connectivity index (χ1v) is 6.69. The monoisotopic (exact) mass is 249 g/mol. The largest absolute Gasteiger partial charge is 0.376 e. The van der Waals surface area contributed by atoms with Gasteiger partial charge in [0, 0.05) is 49.9 Å². The number of rotatable bonds is 4. The Morgan fingerprint density at radius 2 is 2.33 bits per heavy atom. The van der Waals surface area contributed by atoms with Crippen molar-refractivity contribution in [1.82, 2.24) is 4.98 Å². The van der Waals surface area contributed by atoms with Crippen LogP contribution >= 0.6 is 0 Å². The second-order valence-electron chi connectivity index (χ2n) is 5.03. The fourth-order valence-electron chi connectivity index (χ4n) is 2.44. The predicted molar refractivity (Wildman–Crippen MR) is 73.7 cm³/mol. The summed E-state index contributed by atoms with van der Waals surface area (Å²) < 4.78 is 5.79. The first-order chi connectivity index (χ1) is 8.70. The van der Waals surface area contributed by atoms with Crippen LogP contribution < -0.4 is 10.6 Å². The van der Waals surface area contributed by atoms with Crippen LogP contribution in [0, 0.1) is 6.92 Å². The minimum Gasteiger partial charge on any atom is -0.376 e. The van der Waals surface area contributed by atoms with Gasteiger partial charge in [-0.1, -0.05) is 0 Å². The molecule has 1 atom stereocenters. The van der Waals surface area contributed by atoms with E-state index < -0.39 is 0 Å². The van der Waals surface area contributed by atoms with E-state index in [0.29, 0.717) is 12.6 Å². The quantitative estimate of drug-likeness (QED) is 0.885. The number of hydrogen-bond donors (Lipinski definition) is 1. The van der Waals surface area contributed by atoms with Crippen LogP contribution in [-0.2, 0) is 11.3 Å². The molecule has 0 spiro atoms. The van der Waals surface area contributed by atoms with Crippen LogP contribution in [0.3, 0.4) is 0 Å². The minimum absolute atomic E-state index is 0.350. The van der Waals surface area contributed by atoms with Crippen LogP contribution in [0.5, 0.6) is 0 Å². The zero-order valence-electron chi connectivity index (χ0n) is 11.4. The van der Waals surface area contributed by atoms with Gasteiger partial charge in [0.2, 0.25) is 0 Å². The zero-order valence-corrected chi connectivity index (χ0v) is 11.4. The highest BCUT2D eigenvalue weighted by Crippen LogP contribution is 2.22. The summed E-state index contributed by atoms with van der Waals surface area (Å²) in [4.78, 5) is 6.54. The number of aryl methyl sites for hydroxylation is 1. The number of aromatic nitrogens is 1. The molecular formula is C14H23N3O. The summed E-state index contributed by atoms with van der Waals surface area (Å²) in [6.45, 7) is 4.36. The Balaban J connectivity index is 2.07. The fraction of sp³-hybridized carbons (Fsp3) is 0.643. The minimum atomic E-state index is 0.350. The molecule has 0 saturated carbocycles. The van der Waals surface area contributed by atoms with Crippen molar-refractivity contribution in [2.75, 3.05) is 25.1 Å². The third-order valence-corrected chi connectivity index (χ3v) is 3.48. The second-order valence-corrected chi connectivity index (χ2v) is 5.03. The third-order valence-electron chi connectivity index (χ3n) is 3.48. The fourth-order valence-corrected chi connectivity index (χ4v) is 2.44. The maximum Gasteiger partial charge on any atom is 0.0749 e. The Morgan fingerprint density at radius 1 is 1.50 bits per heavy atom. The van der Waals surface area contributed by atoms with Gasteiger partial charge in [-0.2, -0.15) is 0 Å². The Kier molecular flexibility index (Phi) is 4.55. The zero-order chi connectivity index (χ0) is 13.0. The summed E-state index contributed by atoms with van der Waals surface area (Å²) in [5.74, 6) is 0. The van der Waals surface area contributed by atoms with Gasteiger partial charge in [-0.05, 0) is 32.3 Å². The Hall–Kier alpha value is -1.13. The molecule has 1 aromatic rings. The van der Waals surface area contributed by atoms with Crippen molar-refractivity contribution >= 4 is 5.69 Å². The molecule has 100 valence electrons. The van der Waals surface area contributed by atoms with Gasteiger partial charge in [-0.3, -0.25) is 4.98 Å². The second kappa shape index (κ2) is 6.16. The molecule has 1 fully saturated rings. The highest BCUT2D eigenvalue weighted by molar-refractivity contribution is 5.53. The van der Waals surface area contributed by atoms with E-state index in [1.54, 1.807) is 0 Å². The number of nitrogens with zero attached hydrogens (tertiary/aromatic N) is 2. The topological polar surface area (TPSA) is 51.4 Å². The molecule has 18 heavy (non-hydrogen) atoms. The number of ether oxygens (including phenoxy) is 1. The van der Waals surface area contributed by atoms with Gasteiger partial charge in [0.1, 0.15) is 0 Å². The summed E-state index contributed by atoms with van der Waals surface area (Å²) in [7, 11) is 2.10. The van der Waals surface area contributed by atoms with Crippen molar-refractivity contribution in [1.29, 1.82) is 0 Å². The Labute approximate surface area is 109 Å². The predicted octanol–water partition coefficient (Wildman–Crippen LogP) is 1.85. The number of pyridine rings is 1. The average Bonchev–Trinajstić information content (AvgIpc) is 2.40. The summed E-state index contributed by atoms with van der Waals surface area (Å²) in [5, 5.41) is 0. The lowest BCUT2D eigenvalue weighted by molar-refractivity contribution is 0.0216. The summed E-state index contributed by atoms with van der Waals surface area (Å²) in [6.07, 6.45) is 5.86. The first kappa shape index (κ1) is 13.3. The molecule has 2 heterocycles. The summed E-state index contributed by atoms with van der Waals surface area (Å²) in [5.41, 5.74) is 9.08. The van der Waals surface area contributed by atoms with E-state index in [2.05, 4.69) is 23.0 Å². The maximum absolute atomic E-state index is 5.79. The van der Waals surface area contributed by atoms with Crippen molar-refractivity contribution in [3.63, 3.8) is 0 Å². The van der Waals surface area contributed by atoms with Crippen molar-refractivity contribution in [2.24, 2.45) is 5.73 Å². The SMILES string of the molecule is Cc1cc(N(C)CC2CCCCO2)c(CN)cn1. The van der Waals surface area contributed by atoms with Crippen molar-refractivity contribution in [3.8, 4) is 0 Å².